The molecule has 6 heteroatoms. The molecule has 0 N–H and O–H groups in total. The van der Waals surface area contributed by atoms with Crippen molar-refractivity contribution in [2.45, 2.75) is 6.54 Å². The summed E-state index contributed by atoms with van der Waals surface area (Å²) in [7, 11) is 3.23. The molecule has 0 unspecified atom stereocenters. The molecule has 0 amide bonds. The van der Waals surface area contributed by atoms with Crippen LogP contribution in [0, 0.1) is 0 Å². The molecule has 24 heavy (non-hydrogen) atoms. The first-order valence-electron chi connectivity index (χ1n) is 7.35. The first-order chi connectivity index (χ1) is 11.7. The molecule has 0 spiro atoms. The van der Waals surface area contributed by atoms with Gasteiger partial charge >= 0.3 is 0 Å². The number of carbonyl (C=O) groups is 1. The van der Waals surface area contributed by atoms with Crippen LogP contribution in [0.2, 0.25) is 0 Å². The van der Waals surface area contributed by atoms with Gasteiger partial charge in [-0.15, -0.1) is 11.3 Å². The summed E-state index contributed by atoms with van der Waals surface area (Å²) in [6, 6.07) is 11.2. The summed E-state index contributed by atoms with van der Waals surface area (Å²) in [5.74, 6) is 1.49. The molecular formula is C18H17N2O3S+. The minimum absolute atomic E-state index is 0.0755. The summed E-state index contributed by atoms with van der Waals surface area (Å²) in [5.41, 5.74) is 1.64. The molecule has 3 rings (SSSR count). The number of hydrogen-bond donors (Lipinski definition) is 0. The van der Waals surface area contributed by atoms with E-state index >= 15 is 0 Å². The van der Waals surface area contributed by atoms with Crippen molar-refractivity contribution in [2.24, 2.45) is 0 Å². The van der Waals surface area contributed by atoms with Gasteiger partial charge in [-0.25, -0.2) is 4.57 Å². The Hall–Kier alpha value is -2.73. The quantitative estimate of drug-likeness (QED) is 0.511. The zero-order chi connectivity index (χ0) is 16.9. The largest absolute Gasteiger partial charge is 0.497 e. The van der Waals surface area contributed by atoms with Gasteiger partial charge in [-0.05, 0) is 28.6 Å². The summed E-state index contributed by atoms with van der Waals surface area (Å²) in [6.45, 7) is 0.271. The van der Waals surface area contributed by atoms with E-state index in [1.807, 2.05) is 48.0 Å². The minimum Gasteiger partial charge on any atom is -0.497 e. The maximum absolute atomic E-state index is 12.1. The van der Waals surface area contributed by atoms with Crippen LogP contribution in [-0.2, 0) is 6.54 Å². The highest BCUT2D eigenvalue weighted by Crippen LogP contribution is 2.31. The Morgan fingerprint density at radius 1 is 1.21 bits per heavy atom. The molecule has 0 atom stereocenters. The maximum atomic E-state index is 12.1. The average molecular weight is 341 g/mol. The first kappa shape index (κ1) is 16.1. The van der Waals surface area contributed by atoms with Crippen LogP contribution in [0.15, 0.2) is 54.3 Å². The number of benzene rings is 1. The van der Waals surface area contributed by atoms with Gasteiger partial charge < -0.3 is 9.47 Å². The Morgan fingerprint density at radius 3 is 2.71 bits per heavy atom. The molecule has 0 bridgehead atoms. The molecule has 0 aliphatic rings. The van der Waals surface area contributed by atoms with E-state index in [1.165, 1.54) is 11.3 Å². The number of rotatable bonds is 6. The Bertz CT molecular complexity index is 830. The van der Waals surface area contributed by atoms with Crippen molar-refractivity contribution in [1.29, 1.82) is 0 Å². The standard InChI is InChI=1S/C18H17N2O3S/c1-22-13-5-6-14(17(10-13)23-2)15-7-8-20(12-19-15)11-16(21)18-4-3-9-24-18/h3-10,12H,11H2,1-2H3/q+1. The number of nitrogens with zero attached hydrogens (tertiary/aromatic N) is 2. The summed E-state index contributed by atoms with van der Waals surface area (Å²) < 4.78 is 12.4. The molecule has 0 fully saturated rings. The normalized spacial score (nSPS) is 10.4. The van der Waals surface area contributed by atoms with Gasteiger partial charge in [-0.3, -0.25) is 4.79 Å². The van der Waals surface area contributed by atoms with Crippen molar-refractivity contribution in [3.8, 4) is 22.8 Å². The van der Waals surface area contributed by atoms with Crippen LogP contribution in [0.3, 0.4) is 0 Å². The molecule has 3 aromatic rings. The second-order valence-electron chi connectivity index (χ2n) is 5.08. The number of ether oxygens (including phenoxy) is 2. The summed E-state index contributed by atoms with van der Waals surface area (Å²) in [4.78, 5) is 17.3. The van der Waals surface area contributed by atoms with Gasteiger partial charge in [-0.1, -0.05) is 6.07 Å². The highest BCUT2D eigenvalue weighted by molar-refractivity contribution is 7.12. The van der Waals surface area contributed by atoms with Crippen molar-refractivity contribution < 1.29 is 18.8 Å². The summed E-state index contributed by atoms with van der Waals surface area (Å²) in [6.07, 6.45) is 3.50. The summed E-state index contributed by atoms with van der Waals surface area (Å²) >= 11 is 1.45. The third-order valence-electron chi connectivity index (χ3n) is 3.58. The van der Waals surface area contributed by atoms with Crippen molar-refractivity contribution in [2.75, 3.05) is 14.2 Å². The Kier molecular flexibility index (Phi) is 4.86. The fraction of sp³-hybridized carbons (Fsp3) is 0.167. The molecule has 2 aromatic heterocycles. The van der Waals surface area contributed by atoms with E-state index in [9.17, 15) is 4.79 Å². The van der Waals surface area contributed by atoms with Crippen molar-refractivity contribution in [3.05, 3.63) is 59.2 Å². The predicted molar refractivity (Wildman–Crippen MR) is 91.6 cm³/mol. The van der Waals surface area contributed by atoms with Gasteiger partial charge in [0.2, 0.25) is 5.78 Å². The van der Waals surface area contributed by atoms with Crippen LogP contribution in [-0.4, -0.2) is 25.0 Å². The number of carbonyl (C=O) groups excluding carboxylic acids is 1. The van der Waals surface area contributed by atoms with E-state index < -0.39 is 0 Å². The highest BCUT2D eigenvalue weighted by atomic mass is 32.1. The Balaban J connectivity index is 1.81. The van der Waals surface area contributed by atoms with Crippen molar-refractivity contribution in [1.82, 2.24) is 4.98 Å². The number of aromatic nitrogens is 2. The van der Waals surface area contributed by atoms with Gasteiger partial charge in [0.1, 0.15) is 11.5 Å². The lowest BCUT2D eigenvalue weighted by Crippen LogP contribution is -2.37. The molecule has 0 aliphatic carbocycles. The van der Waals surface area contributed by atoms with Crippen LogP contribution < -0.4 is 14.0 Å². The van der Waals surface area contributed by atoms with E-state index in [0.29, 0.717) is 5.75 Å². The molecule has 122 valence electrons. The Morgan fingerprint density at radius 2 is 2.08 bits per heavy atom. The fourth-order valence-electron chi connectivity index (χ4n) is 2.33. The van der Waals surface area contributed by atoms with E-state index in [4.69, 9.17) is 9.47 Å². The van der Waals surface area contributed by atoms with Gasteiger partial charge in [0.05, 0.1) is 30.9 Å². The number of Topliss-reactive ketones (excluding diaryl/α,β-unsaturated/α-hetero) is 1. The smallest absolute Gasteiger partial charge is 0.287 e. The number of thiophene rings is 1. The van der Waals surface area contributed by atoms with E-state index in [2.05, 4.69) is 4.98 Å². The number of ketones is 1. The molecule has 0 saturated carbocycles. The second kappa shape index (κ2) is 7.23. The lowest BCUT2D eigenvalue weighted by Gasteiger charge is -2.07. The second-order valence-corrected chi connectivity index (χ2v) is 6.03. The third kappa shape index (κ3) is 3.44. The number of hydrogen-bond acceptors (Lipinski definition) is 5. The van der Waals surface area contributed by atoms with Crippen LogP contribution in [0.4, 0.5) is 0 Å². The molecule has 0 radical (unpaired) electrons. The van der Waals surface area contributed by atoms with E-state index in [0.717, 1.165) is 21.9 Å². The van der Waals surface area contributed by atoms with Crippen LogP contribution in [0.5, 0.6) is 11.5 Å². The van der Waals surface area contributed by atoms with Crippen LogP contribution >= 0.6 is 11.3 Å². The number of methoxy groups -OCH3 is 2. The van der Waals surface area contributed by atoms with Crippen molar-refractivity contribution >= 4 is 17.1 Å². The third-order valence-corrected chi connectivity index (χ3v) is 4.49. The lowest BCUT2D eigenvalue weighted by atomic mass is 10.1. The SMILES string of the molecule is COc1ccc(-c2cc[n+](CC(=O)c3cccs3)cn2)c(OC)c1. The monoisotopic (exact) mass is 341 g/mol. The highest BCUT2D eigenvalue weighted by Gasteiger charge is 2.15. The van der Waals surface area contributed by atoms with E-state index in [1.54, 1.807) is 25.1 Å². The molecule has 0 aliphatic heterocycles. The zero-order valence-electron chi connectivity index (χ0n) is 13.4. The van der Waals surface area contributed by atoms with Gasteiger partial charge in [-0.2, -0.15) is 0 Å². The molecule has 5 nitrogen and oxygen atoms in total. The molecule has 2 heterocycles. The molecular weight excluding hydrogens is 324 g/mol. The van der Waals surface area contributed by atoms with E-state index in [-0.39, 0.29) is 12.3 Å². The Labute approximate surface area is 144 Å². The first-order valence-corrected chi connectivity index (χ1v) is 8.23. The molecule has 1 aromatic carbocycles. The summed E-state index contributed by atoms with van der Waals surface area (Å²) in [5, 5.41) is 1.90. The fourth-order valence-corrected chi connectivity index (χ4v) is 2.99. The van der Waals surface area contributed by atoms with Gasteiger partial charge in [0, 0.05) is 12.1 Å². The molecule has 0 saturated heterocycles. The average Bonchev–Trinajstić information content (AvgIpc) is 3.16. The van der Waals surface area contributed by atoms with Crippen molar-refractivity contribution in [3.63, 3.8) is 0 Å². The van der Waals surface area contributed by atoms with Gasteiger partial charge in [0.15, 0.2) is 12.2 Å². The van der Waals surface area contributed by atoms with Crippen LogP contribution in [0.25, 0.3) is 11.3 Å². The van der Waals surface area contributed by atoms with Crippen LogP contribution in [0.1, 0.15) is 9.67 Å². The minimum atomic E-state index is 0.0755. The van der Waals surface area contributed by atoms with Gasteiger partial charge in [0.25, 0.3) is 6.33 Å². The zero-order valence-corrected chi connectivity index (χ0v) is 14.2. The predicted octanol–water partition coefficient (Wildman–Crippen LogP) is 3.00. The lowest BCUT2D eigenvalue weighted by molar-refractivity contribution is -0.686. The maximum Gasteiger partial charge on any atom is 0.287 e. The topological polar surface area (TPSA) is 52.3 Å².